The van der Waals surface area contributed by atoms with Crippen LogP contribution in [0.2, 0.25) is 0 Å². The Kier molecular flexibility index (Phi) is 4.79. The third kappa shape index (κ3) is 3.19. The molecule has 0 radical (unpaired) electrons. The van der Waals surface area contributed by atoms with Gasteiger partial charge in [-0.25, -0.2) is 0 Å². The predicted molar refractivity (Wildman–Crippen MR) is 102 cm³/mol. The molecule has 126 valence electrons. The van der Waals surface area contributed by atoms with Gasteiger partial charge in [0, 0.05) is 23.2 Å². The topological polar surface area (TPSA) is 38.7 Å². The van der Waals surface area contributed by atoms with Crippen molar-refractivity contribution in [2.24, 2.45) is 0 Å². The lowest BCUT2D eigenvalue weighted by Crippen LogP contribution is -2.15. The maximum atomic E-state index is 10.9. The van der Waals surface area contributed by atoms with E-state index in [0.717, 1.165) is 56.0 Å². The average molecular weight is 436 g/mol. The quantitative estimate of drug-likeness (QED) is 0.734. The Morgan fingerprint density at radius 3 is 2.50 bits per heavy atom. The summed E-state index contributed by atoms with van der Waals surface area (Å²) < 4.78 is 12.6. The molecular formula is C20H21IO3. The van der Waals surface area contributed by atoms with Gasteiger partial charge in [0.05, 0.1) is 6.61 Å². The minimum absolute atomic E-state index is 0.467. The molecule has 1 fully saturated rings. The van der Waals surface area contributed by atoms with Gasteiger partial charge in [-0.3, -0.25) is 0 Å². The number of rotatable bonds is 3. The molecule has 2 heterocycles. The van der Waals surface area contributed by atoms with Gasteiger partial charge in [0.1, 0.15) is 11.9 Å². The summed E-state index contributed by atoms with van der Waals surface area (Å²) in [7, 11) is 0. The fourth-order valence-electron chi connectivity index (χ4n) is 3.67. The van der Waals surface area contributed by atoms with E-state index in [0.29, 0.717) is 5.92 Å². The molecule has 0 bridgehead atoms. The van der Waals surface area contributed by atoms with E-state index in [1.807, 2.05) is 24.3 Å². The van der Waals surface area contributed by atoms with Gasteiger partial charge in [0.2, 0.25) is 0 Å². The molecule has 24 heavy (non-hydrogen) atoms. The van der Waals surface area contributed by atoms with Crippen LogP contribution in [0, 0.1) is 3.57 Å². The van der Waals surface area contributed by atoms with E-state index in [2.05, 4.69) is 34.7 Å². The summed E-state index contributed by atoms with van der Waals surface area (Å²) in [5, 5.41) is 10.9. The van der Waals surface area contributed by atoms with E-state index in [4.69, 9.17) is 9.47 Å². The van der Waals surface area contributed by atoms with Crippen molar-refractivity contribution in [3.05, 3.63) is 62.2 Å². The normalized spacial score (nSPS) is 18.9. The zero-order valence-corrected chi connectivity index (χ0v) is 15.7. The Hall–Kier alpha value is -1.11. The van der Waals surface area contributed by atoms with Gasteiger partial charge < -0.3 is 14.6 Å². The first-order valence-electron chi connectivity index (χ1n) is 8.53. The van der Waals surface area contributed by atoms with Crippen molar-refractivity contribution in [2.75, 3.05) is 19.8 Å². The van der Waals surface area contributed by atoms with E-state index < -0.39 is 6.10 Å². The molecule has 1 atom stereocenters. The summed E-state index contributed by atoms with van der Waals surface area (Å²) in [5.41, 5.74) is 4.40. The van der Waals surface area contributed by atoms with Gasteiger partial charge in [0.25, 0.3) is 0 Å². The van der Waals surface area contributed by atoms with E-state index in [9.17, 15) is 5.11 Å². The highest BCUT2D eigenvalue weighted by Gasteiger charge is 2.26. The minimum atomic E-state index is -0.591. The lowest BCUT2D eigenvalue weighted by Gasteiger charge is -2.25. The van der Waals surface area contributed by atoms with E-state index >= 15 is 0 Å². The number of fused-ring (bicyclic) bond motifs is 1. The fourth-order valence-corrected chi connectivity index (χ4v) is 4.03. The number of aliphatic hydroxyl groups is 1. The second kappa shape index (κ2) is 7.02. The van der Waals surface area contributed by atoms with Gasteiger partial charge in [-0.05, 0) is 87.9 Å². The van der Waals surface area contributed by atoms with Crippen LogP contribution in [0.4, 0.5) is 0 Å². The number of ether oxygens (including phenoxy) is 2. The molecule has 3 nitrogen and oxygen atoms in total. The highest BCUT2D eigenvalue weighted by Crippen LogP contribution is 2.41. The zero-order chi connectivity index (χ0) is 16.5. The smallest absolute Gasteiger partial charge is 0.126 e. The van der Waals surface area contributed by atoms with Crippen molar-refractivity contribution < 1.29 is 14.6 Å². The number of halogens is 1. The van der Waals surface area contributed by atoms with Crippen LogP contribution in [-0.2, 0) is 11.2 Å². The summed E-state index contributed by atoms with van der Waals surface area (Å²) in [6.07, 6.45) is 2.39. The summed E-state index contributed by atoms with van der Waals surface area (Å²) >= 11 is 2.28. The molecular weight excluding hydrogens is 415 g/mol. The average Bonchev–Trinajstić information content (AvgIpc) is 3.10. The van der Waals surface area contributed by atoms with Gasteiger partial charge in [-0.2, -0.15) is 0 Å². The predicted octanol–water partition coefficient (Wildman–Crippen LogP) is 4.20. The van der Waals surface area contributed by atoms with Crippen molar-refractivity contribution in [2.45, 2.75) is 31.3 Å². The molecule has 2 aromatic rings. The molecule has 1 saturated heterocycles. The second-order valence-corrected chi connectivity index (χ2v) is 7.78. The third-order valence-electron chi connectivity index (χ3n) is 5.00. The van der Waals surface area contributed by atoms with Crippen LogP contribution in [0.25, 0.3) is 0 Å². The number of hydrogen-bond acceptors (Lipinski definition) is 3. The SMILES string of the molecule is OC(c1ccc(I)cc1)c1cc2c(c(C3CCOCC3)c1)OCC2. The molecule has 0 aliphatic carbocycles. The Labute approximate surface area is 156 Å². The van der Waals surface area contributed by atoms with E-state index in [-0.39, 0.29) is 0 Å². The van der Waals surface area contributed by atoms with Crippen LogP contribution in [0.1, 0.15) is 47.1 Å². The van der Waals surface area contributed by atoms with Crippen molar-refractivity contribution in [1.29, 1.82) is 0 Å². The molecule has 0 aromatic heterocycles. The maximum Gasteiger partial charge on any atom is 0.126 e. The molecule has 1 N–H and O–H groups in total. The molecule has 4 heteroatoms. The van der Waals surface area contributed by atoms with E-state index in [1.165, 1.54) is 14.7 Å². The number of benzene rings is 2. The van der Waals surface area contributed by atoms with Crippen LogP contribution < -0.4 is 4.74 Å². The summed E-state index contributed by atoms with van der Waals surface area (Å²) in [6.45, 7) is 2.36. The number of aliphatic hydroxyl groups excluding tert-OH is 1. The van der Waals surface area contributed by atoms with Gasteiger partial charge in [-0.1, -0.05) is 12.1 Å². The van der Waals surface area contributed by atoms with Crippen LogP contribution in [-0.4, -0.2) is 24.9 Å². The van der Waals surface area contributed by atoms with Crippen molar-refractivity contribution >= 4 is 22.6 Å². The van der Waals surface area contributed by atoms with Crippen molar-refractivity contribution in [3.63, 3.8) is 0 Å². The standard InChI is InChI=1S/C20H21IO3/c21-17-3-1-14(2-4-17)19(22)16-11-15-7-10-24-20(15)18(12-16)13-5-8-23-9-6-13/h1-4,11-13,19,22H,5-10H2. The fraction of sp³-hybridized carbons (Fsp3) is 0.400. The molecule has 2 aliphatic heterocycles. The first-order valence-corrected chi connectivity index (χ1v) is 9.61. The monoisotopic (exact) mass is 436 g/mol. The van der Waals surface area contributed by atoms with Crippen LogP contribution in [0.5, 0.6) is 5.75 Å². The zero-order valence-electron chi connectivity index (χ0n) is 13.5. The lowest BCUT2D eigenvalue weighted by atomic mass is 9.86. The minimum Gasteiger partial charge on any atom is -0.493 e. The first-order chi connectivity index (χ1) is 11.7. The first kappa shape index (κ1) is 16.4. The Bertz CT molecular complexity index is 720. The highest BCUT2D eigenvalue weighted by atomic mass is 127. The van der Waals surface area contributed by atoms with Crippen molar-refractivity contribution in [1.82, 2.24) is 0 Å². The van der Waals surface area contributed by atoms with Crippen LogP contribution >= 0.6 is 22.6 Å². The molecule has 2 aliphatic rings. The van der Waals surface area contributed by atoms with Gasteiger partial charge >= 0.3 is 0 Å². The maximum absolute atomic E-state index is 10.9. The third-order valence-corrected chi connectivity index (χ3v) is 5.72. The highest BCUT2D eigenvalue weighted by molar-refractivity contribution is 14.1. The molecule has 4 rings (SSSR count). The Morgan fingerprint density at radius 2 is 1.75 bits per heavy atom. The number of hydrogen-bond donors (Lipinski definition) is 1. The second-order valence-electron chi connectivity index (χ2n) is 6.54. The molecule has 0 saturated carbocycles. The summed E-state index contributed by atoms with van der Waals surface area (Å²) in [6, 6.07) is 12.4. The molecule has 2 aromatic carbocycles. The largest absolute Gasteiger partial charge is 0.493 e. The van der Waals surface area contributed by atoms with Gasteiger partial charge in [-0.15, -0.1) is 0 Å². The lowest BCUT2D eigenvalue weighted by molar-refractivity contribution is 0.0847. The van der Waals surface area contributed by atoms with Crippen LogP contribution in [0.15, 0.2) is 36.4 Å². The Morgan fingerprint density at radius 1 is 1.00 bits per heavy atom. The Balaban J connectivity index is 1.72. The molecule has 0 spiro atoms. The molecule has 0 amide bonds. The summed E-state index contributed by atoms with van der Waals surface area (Å²) in [4.78, 5) is 0. The van der Waals surface area contributed by atoms with E-state index in [1.54, 1.807) is 0 Å². The summed E-state index contributed by atoms with van der Waals surface area (Å²) in [5.74, 6) is 1.52. The van der Waals surface area contributed by atoms with Crippen LogP contribution in [0.3, 0.4) is 0 Å². The van der Waals surface area contributed by atoms with Crippen molar-refractivity contribution in [3.8, 4) is 5.75 Å². The molecule has 1 unspecified atom stereocenters. The van der Waals surface area contributed by atoms with Gasteiger partial charge in [0.15, 0.2) is 0 Å².